The van der Waals surface area contributed by atoms with Crippen molar-refractivity contribution in [3.05, 3.63) is 35.9 Å². The van der Waals surface area contributed by atoms with Crippen molar-refractivity contribution in [3.8, 4) is 11.8 Å². The van der Waals surface area contributed by atoms with Crippen LogP contribution >= 0.6 is 0 Å². The van der Waals surface area contributed by atoms with Crippen molar-refractivity contribution in [2.24, 2.45) is 11.8 Å². The molecule has 0 bridgehead atoms. The summed E-state index contributed by atoms with van der Waals surface area (Å²) in [6.45, 7) is 10.9. The normalized spacial score (nSPS) is 18.7. The number of esters is 2. The molecular formula is C29H44O8. The summed E-state index contributed by atoms with van der Waals surface area (Å²) >= 11 is 0. The summed E-state index contributed by atoms with van der Waals surface area (Å²) in [6.07, 6.45) is 2.87. The van der Waals surface area contributed by atoms with Crippen LogP contribution in [0, 0.1) is 23.7 Å². The van der Waals surface area contributed by atoms with Crippen LogP contribution in [-0.4, -0.2) is 66.1 Å². The zero-order valence-corrected chi connectivity index (χ0v) is 23.1. The maximum atomic E-state index is 13.0. The van der Waals surface area contributed by atoms with Crippen molar-refractivity contribution in [2.75, 3.05) is 26.4 Å². The molecule has 2 N–H and O–H groups in total. The third kappa shape index (κ3) is 12.1. The first kappa shape index (κ1) is 32.6. The SMILES string of the molecule is CC.CC(C)(O)O.CCOC(=O)C(Cc1ccccc1)(OCC1OCCC1C#CC1CC1)C(=O)OCC. The van der Waals surface area contributed by atoms with Gasteiger partial charge in [0, 0.05) is 18.9 Å². The van der Waals surface area contributed by atoms with Gasteiger partial charge >= 0.3 is 11.9 Å². The van der Waals surface area contributed by atoms with Crippen molar-refractivity contribution < 1.29 is 38.7 Å². The molecular weight excluding hydrogens is 476 g/mol. The first-order chi connectivity index (χ1) is 17.6. The highest BCUT2D eigenvalue weighted by atomic mass is 16.6. The molecule has 1 aromatic rings. The second-order valence-corrected chi connectivity index (χ2v) is 9.10. The molecule has 2 unspecified atom stereocenters. The van der Waals surface area contributed by atoms with E-state index in [1.807, 2.05) is 44.2 Å². The predicted molar refractivity (Wildman–Crippen MR) is 140 cm³/mol. The molecule has 0 radical (unpaired) electrons. The Hall–Kier alpha value is -2.44. The Labute approximate surface area is 221 Å². The van der Waals surface area contributed by atoms with Gasteiger partial charge in [0.05, 0.1) is 31.8 Å². The van der Waals surface area contributed by atoms with Crippen LogP contribution in [0.1, 0.15) is 66.4 Å². The number of carbonyl (C=O) groups is 2. The zero-order valence-electron chi connectivity index (χ0n) is 23.1. The van der Waals surface area contributed by atoms with Gasteiger partial charge in [0.25, 0.3) is 5.60 Å². The molecule has 8 heteroatoms. The van der Waals surface area contributed by atoms with Gasteiger partial charge in [-0.2, -0.15) is 0 Å². The van der Waals surface area contributed by atoms with Crippen LogP contribution in [0.4, 0.5) is 0 Å². The third-order valence-corrected chi connectivity index (χ3v) is 5.26. The Morgan fingerprint density at radius 2 is 1.51 bits per heavy atom. The first-order valence-corrected chi connectivity index (χ1v) is 13.2. The standard InChI is InChI=1S/C24H30O6.C3H8O2.C2H6/c1-3-27-22(25)24(23(26)28-4-2,16-19-8-6-5-7-9-19)30-17-21-20(14-15-29-21)13-12-18-10-11-18;1-3(2,4)5;1-2/h5-9,18,20-21H,3-4,10-11,14-17H2,1-2H3;4-5H,1-2H3;1-2H3. The molecule has 0 spiro atoms. The molecule has 1 saturated carbocycles. The molecule has 8 nitrogen and oxygen atoms in total. The van der Waals surface area contributed by atoms with E-state index < -0.39 is 23.3 Å². The second kappa shape index (κ2) is 16.4. The second-order valence-electron chi connectivity index (χ2n) is 9.10. The number of hydrogen-bond acceptors (Lipinski definition) is 8. The molecule has 1 aliphatic heterocycles. The van der Waals surface area contributed by atoms with Crippen LogP contribution in [0.15, 0.2) is 30.3 Å². The Balaban J connectivity index is 0.000000874. The summed E-state index contributed by atoms with van der Waals surface area (Å²) in [5.41, 5.74) is -1.11. The van der Waals surface area contributed by atoms with Gasteiger partial charge in [0.15, 0.2) is 5.79 Å². The Kier molecular flexibility index (Phi) is 14.5. The highest BCUT2D eigenvalue weighted by Gasteiger charge is 2.51. The number of hydrogen-bond donors (Lipinski definition) is 2. The maximum absolute atomic E-state index is 13.0. The largest absolute Gasteiger partial charge is 0.463 e. The minimum Gasteiger partial charge on any atom is -0.463 e. The maximum Gasteiger partial charge on any atom is 0.350 e. The van der Waals surface area contributed by atoms with Crippen molar-refractivity contribution in [1.82, 2.24) is 0 Å². The third-order valence-electron chi connectivity index (χ3n) is 5.26. The highest BCUT2D eigenvalue weighted by molar-refractivity contribution is 6.04. The first-order valence-electron chi connectivity index (χ1n) is 13.2. The fraction of sp³-hybridized carbons (Fsp3) is 0.655. The van der Waals surface area contributed by atoms with E-state index in [2.05, 4.69) is 11.8 Å². The molecule has 208 valence electrons. The molecule has 0 aromatic heterocycles. The lowest BCUT2D eigenvalue weighted by molar-refractivity contribution is -0.194. The predicted octanol–water partition coefficient (Wildman–Crippen LogP) is 3.66. The van der Waals surface area contributed by atoms with E-state index in [0.717, 1.165) is 24.8 Å². The van der Waals surface area contributed by atoms with E-state index in [9.17, 15) is 9.59 Å². The molecule has 1 aliphatic carbocycles. The van der Waals surface area contributed by atoms with Gasteiger partial charge in [-0.25, -0.2) is 9.59 Å². The molecule has 3 rings (SSSR count). The highest BCUT2D eigenvalue weighted by Crippen LogP contribution is 2.30. The molecule has 1 aromatic carbocycles. The molecule has 1 heterocycles. The zero-order chi connectivity index (χ0) is 27.9. The summed E-state index contributed by atoms with van der Waals surface area (Å²) in [7, 11) is 0. The number of benzene rings is 1. The van der Waals surface area contributed by atoms with Gasteiger partial charge in [-0.15, -0.1) is 0 Å². The number of carbonyl (C=O) groups excluding carboxylic acids is 2. The average Bonchev–Trinajstić information content (AvgIpc) is 3.58. The Morgan fingerprint density at radius 1 is 0.973 bits per heavy atom. The Morgan fingerprint density at radius 3 is 2.00 bits per heavy atom. The van der Waals surface area contributed by atoms with Gasteiger partial charge in [-0.05, 0) is 52.5 Å². The monoisotopic (exact) mass is 520 g/mol. The minimum absolute atomic E-state index is 0.0245. The molecule has 0 amide bonds. The van der Waals surface area contributed by atoms with E-state index in [4.69, 9.17) is 29.2 Å². The fourth-order valence-electron chi connectivity index (χ4n) is 3.43. The molecule has 2 fully saturated rings. The van der Waals surface area contributed by atoms with Crippen LogP contribution in [0.25, 0.3) is 0 Å². The molecule has 37 heavy (non-hydrogen) atoms. The van der Waals surface area contributed by atoms with Crippen LogP contribution in [-0.2, 0) is 35.0 Å². The summed E-state index contributed by atoms with van der Waals surface area (Å²) in [5.74, 6) is 4.13. The molecule has 1 saturated heterocycles. The fourth-order valence-corrected chi connectivity index (χ4v) is 3.43. The smallest absolute Gasteiger partial charge is 0.350 e. The summed E-state index contributed by atoms with van der Waals surface area (Å²) in [5, 5.41) is 16.2. The van der Waals surface area contributed by atoms with Crippen molar-refractivity contribution in [1.29, 1.82) is 0 Å². The Bertz CT molecular complexity index is 837. The average molecular weight is 521 g/mol. The number of aliphatic hydroxyl groups is 2. The van der Waals surface area contributed by atoms with E-state index in [1.165, 1.54) is 13.8 Å². The van der Waals surface area contributed by atoms with Crippen LogP contribution in [0.2, 0.25) is 0 Å². The molecule has 2 aliphatic rings. The van der Waals surface area contributed by atoms with Gasteiger partial charge in [0.1, 0.15) is 0 Å². The van der Waals surface area contributed by atoms with E-state index in [0.29, 0.717) is 12.5 Å². The molecule has 2 atom stereocenters. The minimum atomic E-state index is -1.88. The number of ether oxygens (including phenoxy) is 4. The van der Waals surface area contributed by atoms with Crippen LogP contribution in [0.5, 0.6) is 0 Å². The number of rotatable bonds is 9. The van der Waals surface area contributed by atoms with Gasteiger partial charge in [0.2, 0.25) is 0 Å². The van der Waals surface area contributed by atoms with Crippen molar-refractivity contribution in [2.45, 2.75) is 84.7 Å². The van der Waals surface area contributed by atoms with Crippen LogP contribution in [0.3, 0.4) is 0 Å². The lowest BCUT2D eigenvalue weighted by Gasteiger charge is -2.30. The summed E-state index contributed by atoms with van der Waals surface area (Å²) in [6, 6.07) is 9.25. The van der Waals surface area contributed by atoms with E-state index in [1.54, 1.807) is 13.8 Å². The topological polar surface area (TPSA) is 112 Å². The lowest BCUT2D eigenvalue weighted by Crippen LogP contribution is -2.54. The van der Waals surface area contributed by atoms with Gasteiger partial charge in [-0.3, -0.25) is 0 Å². The van der Waals surface area contributed by atoms with Gasteiger partial charge in [-0.1, -0.05) is 56.0 Å². The summed E-state index contributed by atoms with van der Waals surface area (Å²) in [4.78, 5) is 26.0. The lowest BCUT2D eigenvalue weighted by atomic mass is 9.93. The van der Waals surface area contributed by atoms with E-state index >= 15 is 0 Å². The van der Waals surface area contributed by atoms with Crippen molar-refractivity contribution in [3.63, 3.8) is 0 Å². The quantitative estimate of drug-likeness (QED) is 0.220. The van der Waals surface area contributed by atoms with E-state index in [-0.39, 0.29) is 38.3 Å². The summed E-state index contributed by atoms with van der Waals surface area (Å²) < 4.78 is 22.4. The van der Waals surface area contributed by atoms with Crippen molar-refractivity contribution >= 4 is 11.9 Å². The van der Waals surface area contributed by atoms with Gasteiger partial charge < -0.3 is 29.2 Å². The van der Waals surface area contributed by atoms with Crippen LogP contribution < -0.4 is 0 Å².